The van der Waals surface area contributed by atoms with Gasteiger partial charge in [0.15, 0.2) is 5.96 Å². The lowest BCUT2D eigenvalue weighted by Gasteiger charge is -2.31. The molecular formula is C20H30FIN4O2. The number of likely N-dealkylation sites (tertiary alicyclic amines) is 1. The second kappa shape index (κ2) is 9.58. The van der Waals surface area contributed by atoms with Crippen molar-refractivity contribution in [1.82, 2.24) is 10.2 Å². The first kappa shape index (κ1) is 21.6. The molecule has 1 aromatic rings. The molecule has 0 aliphatic carbocycles. The molecule has 3 aliphatic rings. The van der Waals surface area contributed by atoms with Gasteiger partial charge in [-0.25, -0.2) is 4.39 Å². The van der Waals surface area contributed by atoms with Gasteiger partial charge in [-0.3, -0.25) is 4.99 Å². The topological polar surface area (TPSA) is 49.3 Å². The number of guanidine groups is 1. The Kier molecular flexibility index (Phi) is 7.38. The zero-order chi connectivity index (χ0) is 18.7. The average Bonchev–Trinajstić information content (AvgIpc) is 3.33. The summed E-state index contributed by atoms with van der Waals surface area (Å²) in [6.45, 7) is 7.33. The molecule has 1 unspecified atom stereocenters. The second-order valence-electron chi connectivity index (χ2n) is 7.75. The number of nitrogens with zero attached hydrogens (tertiary/aromatic N) is 3. The molecule has 0 radical (unpaired) electrons. The highest BCUT2D eigenvalue weighted by molar-refractivity contribution is 14.0. The number of nitrogens with one attached hydrogen (secondary N) is 1. The van der Waals surface area contributed by atoms with E-state index in [1.165, 1.54) is 6.07 Å². The Labute approximate surface area is 183 Å². The van der Waals surface area contributed by atoms with Gasteiger partial charge in [-0.2, -0.15) is 0 Å². The Morgan fingerprint density at radius 2 is 2.00 bits per heavy atom. The molecule has 4 rings (SSSR count). The summed E-state index contributed by atoms with van der Waals surface area (Å²) < 4.78 is 25.0. The van der Waals surface area contributed by atoms with Crippen LogP contribution in [0, 0.1) is 11.2 Å². The maximum absolute atomic E-state index is 13.9. The summed E-state index contributed by atoms with van der Waals surface area (Å²) in [7, 11) is 1.81. The standard InChI is InChI=1S/C20H29FN4O2.HI/c1-22-19(25-6-4-20(14-25)5-9-27-15-20)23-13-16-12-17(21)2-3-18(16)24-7-10-26-11-8-24;/h2-3,12H,4-11,13-15H2,1H3,(H,22,23);1H. The van der Waals surface area contributed by atoms with Crippen molar-refractivity contribution in [2.24, 2.45) is 10.4 Å². The Hall–Kier alpha value is -1.13. The zero-order valence-corrected chi connectivity index (χ0v) is 18.8. The molecule has 6 nitrogen and oxygen atoms in total. The van der Waals surface area contributed by atoms with Gasteiger partial charge in [0.1, 0.15) is 5.82 Å². The molecule has 3 saturated heterocycles. The molecule has 0 bridgehead atoms. The summed E-state index contributed by atoms with van der Waals surface area (Å²) in [6.07, 6.45) is 2.28. The lowest BCUT2D eigenvalue weighted by atomic mass is 9.87. The minimum Gasteiger partial charge on any atom is -0.381 e. The largest absolute Gasteiger partial charge is 0.381 e. The van der Waals surface area contributed by atoms with Crippen LogP contribution in [0.1, 0.15) is 18.4 Å². The molecule has 1 aromatic carbocycles. The number of ether oxygens (including phenoxy) is 2. The summed E-state index contributed by atoms with van der Waals surface area (Å²) in [5.41, 5.74) is 2.32. The van der Waals surface area contributed by atoms with E-state index in [0.717, 1.165) is 69.4 Å². The van der Waals surface area contributed by atoms with Crippen LogP contribution < -0.4 is 10.2 Å². The molecule has 3 heterocycles. The van der Waals surface area contributed by atoms with Crippen molar-refractivity contribution in [2.75, 3.05) is 64.6 Å². The van der Waals surface area contributed by atoms with E-state index >= 15 is 0 Å². The van der Waals surface area contributed by atoms with Gasteiger partial charge in [0, 0.05) is 57.5 Å². The number of aliphatic imine (C=N–C) groups is 1. The van der Waals surface area contributed by atoms with Crippen LogP contribution in [-0.4, -0.2) is 70.5 Å². The highest BCUT2D eigenvalue weighted by Gasteiger charge is 2.42. The van der Waals surface area contributed by atoms with E-state index in [0.29, 0.717) is 19.8 Å². The van der Waals surface area contributed by atoms with Gasteiger partial charge >= 0.3 is 0 Å². The Morgan fingerprint density at radius 1 is 1.18 bits per heavy atom. The minimum absolute atomic E-state index is 0. The highest BCUT2D eigenvalue weighted by Crippen LogP contribution is 2.38. The number of morpholine rings is 1. The third-order valence-electron chi connectivity index (χ3n) is 5.96. The highest BCUT2D eigenvalue weighted by atomic mass is 127. The van der Waals surface area contributed by atoms with Crippen LogP contribution in [-0.2, 0) is 16.0 Å². The van der Waals surface area contributed by atoms with Crippen molar-refractivity contribution >= 4 is 35.6 Å². The van der Waals surface area contributed by atoms with Crippen LogP contribution in [0.3, 0.4) is 0 Å². The third-order valence-corrected chi connectivity index (χ3v) is 5.96. The normalized spacial score (nSPS) is 25.3. The van der Waals surface area contributed by atoms with Gasteiger partial charge in [0.2, 0.25) is 0 Å². The third kappa shape index (κ3) is 4.71. The molecule has 1 atom stereocenters. The fraction of sp³-hybridized carbons (Fsp3) is 0.650. The van der Waals surface area contributed by atoms with E-state index in [1.54, 1.807) is 6.07 Å². The molecule has 0 amide bonds. The lowest BCUT2D eigenvalue weighted by Crippen LogP contribution is -2.41. The number of benzene rings is 1. The number of hydrogen-bond donors (Lipinski definition) is 1. The molecule has 1 spiro atoms. The molecule has 3 fully saturated rings. The molecular weight excluding hydrogens is 474 g/mol. The van der Waals surface area contributed by atoms with Crippen LogP contribution in [0.25, 0.3) is 0 Å². The number of halogens is 2. The van der Waals surface area contributed by atoms with Crippen molar-refractivity contribution in [3.8, 4) is 0 Å². The molecule has 28 heavy (non-hydrogen) atoms. The van der Waals surface area contributed by atoms with E-state index in [1.807, 2.05) is 13.1 Å². The van der Waals surface area contributed by atoms with E-state index in [2.05, 4.69) is 20.1 Å². The van der Waals surface area contributed by atoms with Gasteiger partial charge in [0.05, 0.1) is 19.8 Å². The summed E-state index contributed by atoms with van der Waals surface area (Å²) >= 11 is 0. The van der Waals surface area contributed by atoms with Crippen LogP contribution in [0.2, 0.25) is 0 Å². The van der Waals surface area contributed by atoms with Crippen molar-refractivity contribution in [3.05, 3.63) is 29.6 Å². The lowest BCUT2D eigenvalue weighted by molar-refractivity contribution is 0.122. The number of hydrogen-bond acceptors (Lipinski definition) is 4. The van der Waals surface area contributed by atoms with E-state index < -0.39 is 0 Å². The van der Waals surface area contributed by atoms with Gasteiger partial charge in [-0.15, -0.1) is 24.0 Å². The summed E-state index contributed by atoms with van der Waals surface area (Å²) in [5.74, 6) is 0.679. The van der Waals surface area contributed by atoms with Gasteiger partial charge in [-0.1, -0.05) is 0 Å². The van der Waals surface area contributed by atoms with Crippen molar-refractivity contribution in [3.63, 3.8) is 0 Å². The molecule has 8 heteroatoms. The van der Waals surface area contributed by atoms with E-state index in [4.69, 9.17) is 9.47 Å². The quantitative estimate of drug-likeness (QED) is 0.390. The fourth-order valence-electron chi connectivity index (χ4n) is 4.40. The second-order valence-corrected chi connectivity index (χ2v) is 7.75. The minimum atomic E-state index is -0.206. The van der Waals surface area contributed by atoms with Crippen molar-refractivity contribution in [2.45, 2.75) is 19.4 Å². The molecule has 156 valence electrons. The maximum Gasteiger partial charge on any atom is 0.193 e. The molecule has 0 aromatic heterocycles. The Balaban J connectivity index is 0.00000225. The van der Waals surface area contributed by atoms with Gasteiger partial charge < -0.3 is 24.6 Å². The van der Waals surface area contributed by atoms with Crippen LogP contribution in [0.4, 0.5) is 10.1 Å². The number of anilines is 1. The Bertz CT molecular complexity index is 691. The van der Waals surface area contributed by atoms with Gasteiger partial charge in [0.25, 0.3) is 0 Å². The molecule has 1 N–H and O–H groups in total. The average molecular weight is 504 g/mol. The molecule has 0 saturated carbocycles. The van der Waals surface area contributed by atoms with E-state index in [-0.39, 0.29) is 35.2 Å². The van der Waals surface area contributed by atoms with Crippen molar-refractivity contribution in [1.29, 1.82) is 0 Å². The SMILES string of the molecule is CN=C(NCc1cc(F)ccc1N1CCOCC1)N1CCC2(CCOC2)C1.I. The maximum atomic E-state index is 13.9. The monoisotopic (exact) mass is 504 g/mol. The van der Waals surface area contributed by atoms with Crippen molar-refractivity contribution < 1.29 is 13.9 Å². The number of rotatable bonds is 3. The fourth-order valence-corrected chi connectivity index (χ4v) is 4.40. The van der Waals surface area contributed by atoms with Gasteiger partial charge in [-0.05, 0) is 36.6 Å². The molecule has 3 aliphatic heterocycles. The zero-order valence-electron chi connectivity index (χ0n) is 16.5. The van der Waals surface area contributed by atoms with E-state index in [9.17, 15) is 4.39 Å². The summed E-state index contributed by atoms with van der Waals surface area (Å²) in [6, 6.07) is 5.04. The van der Waals surface area contributed by atoms with Crippen LogP contribution >= 0.6 is 24.0 Å². The summed E-state index contributed by atoms with van der Waals surface area (Å²) in [4.78, 5) is 9.04. The van der Waals surface area contributed by atoms with Crippen LogP contribution in [0.5, 0.6) is 0 Å². The first-order valence-electron chi connectivity index (χ1n) is 9.84. The Morgan fingerprint density at radius 3 is 2.71 bits per heavy atom. The predicted molar refractivity (Wildman–Crippen MR) is 119 cm³/mol. The smallest absolute Gasteiger partial charge is 0.193 e. The first-order chi connectivity index (χ1) is 13.2. The predicted octanol–water partition coefficient (Wildman–Crippen LogP) is 2.47. The van der Waals surface area contributed by atoms with Crippen LogP contribution in [0.15, 0.2) is 23.2 Å². The summed E-state index contributed by atoms with van der Waals surface area (Å²) in [5, 5.41) is 3.45. The first-order valence-corrected chi connectivity index (χ1v) is 9.84.